The maximum absolute atomic E-state index is 6.21. The Balaban J connectivity index is 2.39. The van der Waals surface area contributed by atoms with Gasteiger partial charge in [0.1, 0.15) is 0 Å². The molecular weight excluding hydrogens is 340 g/mol. The lowest BCUT2D eigenvalue weighted by Gasteiger charge is -2.19. The molecule has 108 valence electrons. The highest BCUT2D eigenvalue weighted by molar-refractivity contribution is 9.10. The van der Waals surface area contributed by atoms with E-state index < -0.39 is 0 Å². The predicted octanol–water partition coefficient (Wildman–Crippen LogP) is 3.80. The molecule has 1 aromatic heterocycles. The Labute approximate surface area is 132 Å². The van der Waals surface area contributed by atoms with Gasteiger partial charge >= 0.3 is 0 Å². The van der Waals surface area contributed by atoms with Crippen LogP contribution in [-0.2, 0) is 6.54 Å². The number of nitrogens with zero attached hydrogens (tertiary/aromatic N) is 3. The molecule has 0 saturated heterocycles. The zero-order valence-electron chi connectivity index (χ0n) is 11.6. The Bertz CT molecular complexity index is 570. The Morgan fingerprint density at radius 2 is 2.20 bits per heavy atom. The lowest BCUT2D eigenvalue weighted by Crippen LogP contribution is -2.25. The highest BCUT2D eigenvalue weighted by atomic mass is 79.9. The molecule has 2 aromatic rings. The average molecular weight is 358 g/mol. The molecule has 0 aliphatic heterocycles. The molecule has 2 rings (SSSR count). The predicted molar refractivity (Wildman–Crippen MR) is 85.0 cm³/mol. The molecule has 20 heavy (non-hydrogen) atoms. The molecule has 0 aliphatic rings. The van der Waals surface area contributed by atoms with Crippen LogP contribution in [-0.4, -0.2) is 21.5 Å². The van der Waals surface area contributed by atoms with Gasteiger partial charge in [-0.25, -0.2) is 4.68 Å². The van der Waals surface area contributed by atoms with Crippen LogP contribution in [0.25, 0.3) is 0 Å². The van der Waals surface area contributed by atoms with E-state index in [-0.39, 0.29) is 6.04 Å². The summed E-state index contributed by atoms with van der Waals surface area (Å²) in [7, 11) is 0. The maximum Gasteiger partial charge on any atom is 0.0802 e. The molecule has 1 atom stereocenters. The zero-order valence-corrected chi connectivity index (χ0v) is 13.9. The molecule has 0 aliphatic carbocycles. The number of hydrogen-bond acceptors (Lipinski definition) is 3. The molecule has 6 heteroatoms. The van der Waals surface area contributed by atoms with Crippen molar-refractivity contribution in [1.29, 1.82) is 0 Å². The van der Waals surface area contributed by atoms with E-state index in [9.17, 15) is 0 Å². The third kappa shape index (κ3) is 3.40. The summed E-state index contributed by atoms with van der Waals surface area (Å²) in [5.74, 6) is 0. The van der Waals surface area contributed by atoms with Crippen molar-refractivity contribution in [2.45, 2.75) is 32.9 Å². The Morgan fingerprint density at radius 1 is 1.40 bits per heavy atom. The topological polar surface area (TPSA) is 42.7 Å². The first-order chi connectivity index (χ1) is 9.67. The Kier molecular flexibility index (Phi) is 5.57. The second-order valence-electron chi connectivity index (χ2n) is 4.55. The van der Waals surface area contributed by atoms with Crippen LogP contribution in [0.4, 0.5) is 0 Å². The summed E-state index contributed by atoms with van der Waals surface area (Å²) >= 11 is 9.63. The standard InChI is InChI=1S/C14H18BrClN4/c1-3-7-20-13(9-18-19-20)14(17-4-2)10-5-6-11(15)12(16)8-10/h5-6,8-9,14,17H,3-4,7H2,1-2H3. The number of hydrogen-bond donors (Lipinski definition) is 1. The minimum absolute atomic E-state index is 0.0483. The molecule has 1 N–H and O–H groups in total. The molecule has 1 unspecified atom stereocenters. The molecule has 0 spiro atoms. The van der Waals surface area contributed by atoms with Crippen molar-refractivity contribution in [2.24, 2.45) is 0 Å². The van der Waals surface area contributed by atoms with E-state index >= 15 is 0 Å². The Morgan fingerprint density at radius 3 is 2.85 bits per heavy atom. The Hall–Kier alpha value is -0.910. The molecule has 0 saturated carbocycles. The number of aryl methyl sites for hydroxylation is 1. The first kappa shape index (κ1) is 15.5. The summed E-state index contributed by atoms with van der Waals surface area (Å²) in [5, 5.41) is 12.4. The number of rotatable bonds is 6. The van der Waals surface area contributed by atoms with Gasteiger partial charge in [0.2, 0.25) is 0 Å². The number of benzene rings is 1. The summed E-state index contributed by atoms with van der Waals surface area (Å²) in [6, 6.07) is 6.05. The normalized spacial score (nSPS) is 12.6. The van der Waals surface area contributed by atoms with Gasteiger partial charge in [0.15, 0.2) is 0 Å². The lowest BCUT2D eigenvalue weighted by molar-refractivity contribution is 0.511. The quantitative estimate of drug-likeness (QED) is 0.855. The first-order valence-electron chi connectivity index (χ1n) is 6.74. The molecule has 0 bridgehead atoms. The minimum atomic E-state index is 0.0483. The molecular formula is C14H18BrClN4. The third-order valence-corrected chi connectivity index (χ3v) is 4.30. The van der Waals surface area contributed by atoms with Gasteiger partial charge in [-0.15, -0.1) is 5.10 Å². The summed E-state index contributed by atoms with van der Waals surface area (Å²) in [4.78, 5) is 0. The monoisotopic (exact) mass is 356 g/mol. The van der Waals surface area contributed by atoms with Crippen LogP contribution in [0.2, 0.25) is 5.02 Å². The number of nitrogens with one attached hydrogen (secondary N) is 1. The number of aromatic nitrogens is 3. The summed E-state index contributed by atoms with van der Waals surface area (Å²) in [5.41, 5.74) is 2.17. The van der Waals surface area contributed by atoms with E-state index in [0.717, 1.165) is 35.2 Å². The largest absolute Gasteiger partial charge is 0.305 e. The molecule has 1 heterocycles. The first-order valence-corrected chi connectivity index (χ1v) is 7.91. The molecule has 4 nitrogen and oxygen atoms in total. The van der Waals surface area contributed by atoms with Crippen molar-refractivity contribution in [3.05, 3.63) is 45.1 Å². The fourth-order valence-corrected chi connectivity index (χ4v) is 2.60. The maximum atomic E-state index is 6.21. The van der Waals surface area contributed by atoms with Crippen LogP contribution in [0, 0.1) is 0 Å². The van der Waals surface area contributed by atoms with Crippen molar-refractivity contribution in [2.75, 3.05) is 6.54 Å². The van der Waals surface area contributed by atoms with Crippen LogP contribution >= 0.6 is 27.5 Å². The SMILES string of the molecule is CCCn1nncc1C(NCC)c1ccc(Br)c(Cl)c1. The minimum Gasteiger partial charge on any atom is -0.305 e. The van der Waals surface area contributed by atoms with Gasteiger partial charge < -0.3 is 5.32 Å². The number of halogens is 2. The molecule has 1 aromatic carbocycles. The second-order valence-corrected chi connectivity index (χ2v) is 5.81. The van der Waals surface area contributed by atoms with E-state index in [1.165, 1.54) is 0 Å². The second kappa shape index (κ2) is 7.20. The zero-order chi connectivity index (χ0) is 14.5. The summed E-state index contributed by atoms with van der Waals surface area (Å²) in [6.07, 6.45) is 2.84. The van der Waals surface area contributed by atoms with Gasteiger partial charge in [-0.1, -0.05) is 36.7 Å². The van der Waals surface area contributed by atoms with Gasteiger partial charge in [-0.05, 0) is 46.6 Å². The molecule has 0 fully saturated rings. The van der Waals surface area contributed by atoms with Gasteiger partial charge in [-0.3, -0.25) is 0 Å². The van der Waals surface area contributed by atoms with Crippen molar-refractivity contribution < 1.29 is 0 Å². The van der Waals surface area contributed by atoms with Gasteiger partial charge in [-0.2, -0.15) is 0 Å². The van der Waals surface area contributed by atoms with Crippen LogP contribution in [0.15, 0.2) is 28.9 Å². The third-order valence-electron chi connectivity index (χ3n) is 3.06. The summed E-state index contributed by atoms with van der Waals surface area (Å²) < 4.78 is 2.85. The average Bonchev–Trinajstić information content (AvgIpc) is 2.88. The van der Waals surface area contributed by atoms with Crippen molar-refractivity contribution in [3.8, 4) is 0 Å². The molecule has 0 amide bonds. The van der Waals surface area contributed by atoms with E-state index in [4.69, 9.17) is 11.6 Å². The van der Waals surface area contributed by atoms with E-state index in [0.29, 0.717) is 5.02 Å². The van der Waals surface area contributed by atoms with Crippen molar-refractivity contribution in [1.82, 2.24) is 20.3 Å². The van der Waals surface area contributed by atoms with Crippen LogP contribution < -0.4 is 5.32 Å². The lowest BCUT2D eigenvalue weighted by atomic mass is 10.0. The smallest absolute Gasteiger partial charge is 0.0802 e. The van der Waals surface area contributed by atoms with E-state index in [2.05, 4.69) is 51.5 Å². The van der Waals surface area contributed by atoms with E-state index in [1.807, 2.05) is 23.0 Å². The van der Waals surface area contributed by atoms with Crippen LogP contribution in [0.3, 0.4) is 0 Å². The van der Waals surface area contributed by atoms with E-state index in [1.54, 1.807) is 0 Å². The van der Waals surface area contributed by atoms with Crippen LogP contribution in [0.1, 0.15) is 37.6 Å². The summed E-state index contributed by atoms with van der Waals surface area (Å²) in [6.45, 7) is 5.93. The van der Waals surface area contributed by atoms with Crippen molar-refractivity contribution >= 4 is 27.5 Å². The highest BCUT2D eigenvalue weighted by Crippen LogP contribution is 2.28. The fraction of sp³-hybridized carbons (Fsp3) is 0.429. The van der Waals surface area contributed by atoms with Gasteiger partial charge in [0.25, 0.3) is 0 Å². The molecule has 0 radical (unpaired) electrons. The fourth-order valence-electron chi connectivity index (χ4n) is 2.16. The highest BCUT2D eigenvalue weighted by Gasteiger charge is 2.18. The van der Waals surface area contributed by atoms with Gasteiger partial charge in [0, 0.05) is 11.0 Å². The van der Waals surface area contributed by atoms with Crippen LogP contribution in [0.5, 0.6) is 0 Å². The van der Waals surface area contributed by atoms with Gasteiger partial charge in [0.05, 0.1) is 23.0 Å². The van der Waals surface area contributed by atoms with Crippen molar-refractivity contribution in [3.63, 3.8) is 0 Å².